The maximum absolute atomic E-state index is 12.3. The second-order valence-corrected chi connectivity index (χ2v) is 5.12. The second kappa shape index (κ2) is 6.39. The van der Waals surface area contributed by atoms with Crippen LogP contribution in [0, 0.1) is 0 Å². The van der Waals surface area contributed by atoms with Crippen LogP contribution in [0.2, 0.25) is 0 Å². The van der Waals surface area contributed by atoms with Gasteiger partial charge in [0.2, 0.25) is 6.79 Å². The summed E-state index contributed by atoms with van der Waals surface area (Å²) < 4.78 is 10.4. The quantitative estimate of drug-likeness (QED) is 0.880. The minimum absolute atomic E-state index is 0.117. The van der Waals surface area contributed by atoms with E-state index in [1.54, 1.807) is 18.2 Å². The Morgan fingerprint density at radius 1 is 1.09 bits per heavy atom. The normalized spacial score (nSPS) is 13.4. The van der Waals surface area contributed by atoms with Gasteiger partial charge >= 0.3 is 5.97 Å². The summed E-state index contributed by atoms with van der Waals surface area (Å²) in [4.78, 5) is 23.7. The molecular formula is C17H15NO5. The zero-order valence-electron chi connectivity index (χ0n) is 12.2. The van der Waals surface area contributed by atoms with Gasteiger partial charge in [-0.1, -0.05) is 30.3 Å². The third-order valence-corrected chi connectivity index (χ3v) is 3.52. The van der Waals surface area contributed by atoms with Gasteiger partial charge in [0.05, 0.1) is 0 Å². The van der Waals surface area contributed by atoms with Crippen LogP contribution < -0.4 is 14.8 Å². The molecule has 1 atom stereocenters. The Hall–Kier alpha value is -3.02. The largest absolute Gasteiger partial charge is 0.480 e. The first-order chi connectivity index (χ1) is 11.1. The fraction of sp³-hybridized carbons (Fsp3) is 0.176. The summed E-state index contributed by atoms with van der Waals surface area (Å²) in [5, 5.41) is 11.9. The van der Waals surface area contributed by atoms with Crippen LogP contribution in [0.1, 0.15) is 15.9 Å². The lowest BCUT2D eigenvalue weighted by Crippen LogP contribution is -2.42. The van der Waals surface area contributed by atoms with Gasteiger partial charge in [-0.15, -0.1) is 0 Å². The minimum Gasteiger partial charge on any atom is -0.480 e. The van der Waals surface area contributed by atoms with Crippen molar-refractivity contribution in [2.75, 3.05) is 6.79 Å². The smallest absolute Gasteiger partial charge is 0.326 e. The van der Waals surface area contributed by atoms with Gasteiger partial charge in [-0.3, -0.25) is 4.79 Å². The number of hydrogen-bond donors (Lipinski definition) is 2. The summed E-state index contributed by atoms with van der Waals surface area (Å²) in [6, 6.07) is 12.9. The van der Waals surface area contributed by atoms with Gasteiger partial charge in [0.25, 0.3) is 5.91 Å². The Morgan fingerprint density at radius 3 is 2.57 bits per heavy atom. The van der Waals surface area contributed by atoms with E-state index >= 15 is 0 Å². The molecule has 1 aliphatic heterocycles. The summed E-state index contributed by atoms with van der Waals surface area (Å²) in [7, 11) is 0. The van der Waals surface area contributed by atoms with Crippen LogP contribution in [-0.4, -0.2) is 29.8 Å². The average Bonchev–Trinajstić information content (AvgIpc) is 3.02. The third-order valence-electron chi connectivity index (χ3n) is 3.52. The average molecular weight is 313 g/mol. The predicted molar refractivity (Wildman–Crippen MR) is 81.6 cm³/mol. The zero-order valence-corrected chi connectivity index (χ0v) is 12.2. The number of fused-ring (bicyclic) bond motifs is 1. The molecular weight excluding hydrogens is 298 g/mol. The molecule has 0 spiro atoms. The van der Waals surface area contributed by atoms with Crippen LogP contribution >= 0.6 is 0 Å². The molecule has 0 aliphatic carbocycles. The summed E-state index contributed by atoms with van der Waals surface area (Å²) >= 11 is 0. The lowest BCUT2D eigenvalue weighted by molar-refractivity contribution is -0.139. The van der Waals surface area contributed by atoms with E-state index in [9.17, 15) is 14.7 Å². The van der Waals surface area contributed by atoms with Crippen LogP contribution in [0.4, 0.5) is 0 Å². The number of aliphatic carboxylic acids is 1. The second-order valence-electron chi connectivity index (χ2n) is 5.12. The lowest BCUT2D eigenvalue weighted by atomic mass is 10.1. The molecule has 6 nitrogen and oxygen atoms in total. The monoisotopic (exact) mass is 313 g/mol. The van der Waals surface area contributed by atoms with Crippen molar-refractivity contribution in [2.45, 2.75) is 12.5 Å². The molecule has 0 saturated carbocycles. The van der Waals surface area contributed by atoms with Crippen molar-refractivity contribution < 1.29 is 24.2 Å². The molecule has 118 valence electrons. The van der Waals surface area contributed by atoms with Gasteiger partial charge in [0.15, 0.2) is 11.5 Å². The van der Waals surface area contributed by atoms with E-state index in [0.717, 1.165) is 5.56 Å². The van der Waals surface area contributed by atoms with Crippen molar-refractivity contribution in [3.63, 3.8) is 0 Å². The Kier molecular flexibility index (Phi) is 4.14. The Morgan fingerprint density at radius 2 is 1.83 bits per heavy atom. The van der Waals surface area contributed by atoms with Gasteiger partial charge < -0.3 is 19.9 Å². The first-order valence-electron chi connectivity index (χ1n) is 7.11. The molecule has 0 aromatic heterocycles. The Bertz CT molecular complexity index is 729. The Labute approximate surface area is 132 Å². The summed E-state index contributed by atoms with van der Waals surface area (Å²) in [6.45, 7) is 0.117. The van der Waals surface area contributed by atoms with Gasteiger partial charge in [0.1, 0.15) is 6.04 Å². The maximum atomic E-state index is 12.3. The number of rotatable bonds is 5. The molecule has 2 aromatic carbocycles. The highest BCUT2D eigenvalue weighted by molar-refractivity contribution is 5.97. The standard InChI is InChI=1S/C17H15NO5/c19-16(12-6-7-14-15(9-12)23-10-22-14)18-13(17(20)21)8-11-4-2-1-3-5-11/h1-7,9,13H,8,10H2,(H,18,19)(H,20,21). The number of carbonyl (C=O) groups is 2. The number of hydrogen-bond acceptors (Lipinski definition) is 4. The topological polar surface area (TPSA) is 84.9 Å². The highest BCUT2D eigenvalue weighted by Gasteiger charge is 2.22. The zero-order chi connectivity index (χ0) is 16.2. The molecule has 1 amide bonds. The van der Waals surface area contributed by atoms with E-state index in [4.69, 9.17) is 9.47 Å². The van der Waals surface area contributed by atoms with Crippen LogP contribution in [0.3, 0.4) is 0 Å². The third kappa shape index (κ3) is 3.42. The van der Waals surface area contributed by atoms with Crippen LogP contribution in [0.25, 0.3) is 0 Å². The molecule has 3 rings (SSSR count). The fourth-order valence-corrected chi connectivity index (χ4v) is 2.33. The first-order valence-corrected chi connectivity index (χ1v) is 7.11. The number of carboxylic acid groups (broad SMARTS) is 1. The van der Waals surface area contributed by atoms with Gasteiger partial charge in [-0.25, -0.2) is 4.79 Å². The summed E-state index contributed by atoms with van der Waals surface area (Å²) in [6.07, 6.45) is 0.215. The molecule has 0 radical (unpaired) electrons. The maximum Gasteiger partial charge on any atom is 0.326 e. The van der Waals surface area contributed by atoms with Crippen LogP contribution in [0.5, 0.6) is 11.5 Å². The van der Waals surface area contributed by atoms with Crippen molar-refractivity contribution in [1.82, 2.24) is 5.32 Å². The molecule has 1 aliphatic rings. The van der Waals surface area contributed by atoms with E-state index in [-0.39, 0.29) is 13.2 Å². The van der Waals surface area contributed by atoms with Gasteiger partial charge in [0, 0.05) is 12.0 Å². The number of benzene rings is 2. The van der Waals surface area contributed by atoms with Gasteiger partial charge in [-0.2, -0.15) is 0 Å². The molecule has 1 heterocycles. The van der Waals surface area contributed by atoms with Crippen molar-refractivity contribution in [1.29, 1.82) is 0 Å². The number of nitrogens with one attached hydrogen (secondary N) is 1. The molecule has 23 heavy (non-hydrogen) atoms. The van der Waals surface area contributed by atoms with E-state index in [1.165, 1.54) is 0 Å². The fourth-order valence-electron chi connectivity index (χ4n) is 2.33. The Balaban J connectivity index is 1.72. The highest BCUT2D eigenvalue weighted by Crippen LogP contribution is 2.32. The van der Waals surface area contributed by atoms with Gasteiger partial charge in [-0.05, 0) is 23.8 Å². The molecule has 2 aromatic rings. The lowest BCUT2D eigenvalue weighted by Gasteiger charge is -2.15. The van der Waals surface area contributed by atoms with E-state index in [2.05, 4.69) is 5.32 Å². The van der Waals surface area contributed by atoms with Crippen LogP contribution in [0.15, 0.2) is 48.5 Å². The van der Waals surface area contributed by atoms with Crippen molar-refractivity contribution in [2.24, 2.45) is 0 Å². The first kappa shape index (κ1) is 14.9. The van der Waals surface area contributed by atoms with E-state index < -0.39 is 17.9 Å². The molecule has 0 saturated heterocycles. The molecule has 0 bridgehead atoms. The van der Waals surface area contributed by atoms with Crippen molar-refractivity contribution in [3.05, 3.63) is 59.7 Å². The number of carboxylic acids is 1. The van der Waals surface area contributed by atoms with Crippen molar-refractivity contribution in [3.8, 4) is 11.5 Å². The number of ether oxygens (including phenoxy) is 2. The van der Waals surface area contributed by atoms with E-state index in [0.29, 0.717) is 17.1 Å². The summed E-state index contributed by atoms with van der Waals surface area (Å²) in [5.74, 6) is -0.497. The van der Waals surface area contributed by atoms with E-state index in [1.807, 2.05) is 30.3 Å². The predicted octanol–water partition coefficient (Wildman–Crippen LogP) is 1.84. The SMILES string of the molecule is O=C(NC(Cc1ccccc1)C(=O)O)c1ccc2c(c1)OCO2. The minimum atomic E-state index is -1.08. The molecule has 0 fully saturated rings. The number of carbonyl (C=O) groups excluding carboxylic acids is 1. The van der Waals surface area contributed by atoms with Crippen LogP contribution in [-0.2, 0) is 11.2 Å². The number of amides is 1. The highest BCUT2D eigenvalue weighted by atomic mass is 16.7. The molecule has 6 heteroatoms. The molecule has 2 N–H and O–H groups in total. The molecule has 1 unspecified atom stereocenters. The van der Waals surface area contributed by atoms with Crippen molar-refractivity contribution >= 4 is 11.9 Å². The summed E-state index contributed by atoms with van der Waals surface area (Å²) in [5.41, 5.74) is 1.17.